The third-order valence-electron chi connectivity index (χ3n) is 3.80. The van der Waals surface area contributed by atoms with Gasteiger partial charge in [-0.15, -0.1) is 11.3 Å². The van der Waals surface area contributed by atoms with Crippen molar-refractivity contribution in [1.82, 2.24) is 9.55 Å². The Hall–Kier alpha value is -3.11. The number of rotatable bonds is 7. The molecule has 9 nitrogen and oxygen atoms in total. The van der Waals surface area contributed by atoms with E-state index in [1.165, 1.54) is 41.5 Å². The molecule has 10 heteroatoms. The van der Waals surface area contributed by atoms with E-state index in [2.05, 4.69) is 4.98 Å². The first-order valence-corrected chi connectivity index (χ1v) is 8.75. The summed E-state index contributed by atoms with van der Waals surface area (Å²) in [6, 6.07) is 5.91. The van der Waals surface area contributed by atoms with Crippen LogP contribution >= 0.6 is 11.3 Å². The summed E-state index contributed by atoms with van der Waals surface area (Å²) in [5.41, 5.74) is 0.863. The van der Waals surface area contributed by atoms with Crippen molar-refractivity contribution in [3.8, 4) is 11.1 Å². The molecule has 2 aromatic heterocycles. The van der Waals surface area contributed by atoms with Crippen LogP contribution in [-0.2, 0) is 20.8 Å². The highest BCUT2D eigenvalue weighted by atomic mass is 32.1. The molecule has 0 N–H and O–H groups in total. The lowest BCUT2D eigenvalue weighted by Crippen LogP contribution is -2.26. The molecule has 0 bridgehead atoms. The number of nitro groups is 1. The Morgan fingerprint density at radius 2 is 2.04 bits per heavy atom. The number of fused-ring (bicyclic) bond motifs is 1. The van der Waals surface area contributed by atoms with Crippen molar-refractivity contribution in [2.24, 2.45) is 0 Å². The average Bonchev–Trinajstić information content (AvgIpc) is 3.09. The first-order chi connectivity index (χ1) is 13.0. The molecule has 0 fully saturated rings. The second-order valence-corrected chi connectivity index (χ2v) is 6.38. The molecule has 2 heterocycles. The molecule has 0 amide bonds. The van der Waals surface area contributed by atoms with Crippen LogP contribution < -0.4 is 5.56 Å². The fourth-order valence-electron chi connectivity index (χ4n) is 2.48. The van der Waals surface area contributed by atoms with Gasteiger partial charge < -0.3 is 9.47 Å². The van der Waals surface area contributed by atoms with E-state index in [1.807, 2.05) is 0 Å². The minimum absolute atomic E-state index is 0.0346. The van der Waals surface area contributed by atoms with Gasteiger partial charge in [-0.2, -0.15) is 0 Å². The summed E-state index contributed by atoms with van der Waals surface area (Å²) >= 11 is 1.29. The highest BCUT2D eigenvalue weighted by molar-refractivity contribution is 7.17. The van der Waals surface area contributed by atoms with Crippen molar-refractivity contribution in [3.05, 3.63) is 56.4 Å². The number of benzene rings is 1. The van der Waals surface area contributed by atoms with Gasteiger partial charge in [0.2, 0.25) is 0 Å². The van der Waals surface area contributed by atoms with E-state index in [-0.39, 0.29) is 31.0 Å². The van der Waals surface area contributed by atoms with Crippen LogP contribution in [0.3, 0.4) is 0 Å². The summed E-state index contributed by atoms with van der Waals surface area (Å²) in [4.78, 5) is 39.7. The number of methoxy groups -OCH3 is 1. The SMILES string of the molecule is COCCOC(=O)Cn1cnc2scc(-c3ccc([N+](=O)[O-])cc3)c2c1=O. The van der Waals surface area contributed by atoms with Gasteiger partial charge in [-0.25, -0.2) is 4.98 Å². The lowest BCUT2D eigenvalue weighted by Gasteiger charge is -2.07. The van der Waals surface area contributed by atoms with Crippen molar-refractivity contribution in [3.63, 3.8) is 0 Å². The topological polar surface area (TPSA) is 114 Å². The van der Waals surface area contributed by atoms with E-state index >= 15 is 0 Å². The van der Waals surface area contributed by atoms with E-state index < -0.39 is 10.9 Å². The van der Waals surface area contributed by atoms with Gasteiger partial charge in [0.15, 0.2) is 0 Å². The lowest BCUT2D eigenvalue weighted by molar-refractivity contribution is -0.384. The molecular weight excluding hydrogens is 374 g/mol. The minimum Gasteiger partial charge on any atom is -0.462 e. The number of aromatic nitrogens is 2. The van der Waals surface area contributed by atoms with Crippen LogP contribution in [0.5, 0.6) is 0 Å². The monoisotopic (exact) mass is 389 g/mol. The second-order valence-electron chi connectivity index (χ2n) is 5.52. The Bertz CT molecular complexity index is 1040. The van der Waals surface area contributed by atoms with E-state index in [0.717, 1.165) is 0 Å². The van der Waals surface area contributed by atoms with E-state index in [0.29, 0.717) is 21.3 Å². The van der Waals surface area contributed by atoms with Crippen molar-refractivity contribution in [2.45, 2.75) is 6.54 Å². The van der Waals surface area contributed by atoms with Gasteiger partial charge in [0, 0.05) is 30.2 Å². The Morgan fingerprint density at radius 1 is 1.30 bits per heavy atom. The summed E-state index contributed by atoms with van der Waals surface area (Å²) in [6.45, 7) is 0.111. The van der Waals surface area contributed by atoms with Crippen LogP contribution in [0.4, 0.5) is 5.69 Å². The summed E-state index contributed by atoms with van der Waals surface area (Å²) in [6.07, 6.45) is 1.30. The number of esters is 1. The van der Waals surface area contributed by atoms with Crippen LogP contribution in [-0.4, -0.2) is 40.8 Å². The summed E-state index contributed by atoms with van der Waals surface area (Å²) in [5.74, 6) is -0.567. The number of hydrogen-bond acceptors (Lipinski definition) is 8. The number of ether oxygens (including phenoxy) is 2. The van der Waals surface area contributed by atoms with Gasteiger partial charge in [-0.3, -0.25) is 24.3 Å². The van der Waals surface area contributed by atoms with E-state index in [9.17, 15) is 19.7 Å². The fourth-order valence-corrected chi connectivity index (χ4v) is 3.39. The molecule has 0 aliphatic heterocycles. The zero-order valence-electron chi connectivity index (χ0n) is 14.3. The van der Waals surface area contributed by atoms with Gasteiger partial charge in [0.25, 0.3) is 11.2 Å². The van der Waals surface area contributed by atoms with Gasteiger partial charge in [-0.05, 0) is 17.7 Å². The Kier molecular flexibility index (Phi) is 5.57. The van der Waals surface area contributed by atoms with Crippen molar-refractivity contribution in [2.75, 3.05) is 20.3 Å². The first-order valence-electron chi connectivity index (χ1n) is 7.87. The molecule has 3 rings (SSSR count). The molecule has 0 radical (unpaired) electrons. The number of non-ortho nitro benzene ring substituents is 1. The summed E-state index contributed by atoms with van der Waals surface area (Å²) < 4.78 is 11.0. The number of carbonyl (C=O) groups excluding carboxylic acids is 1. The normalized spacial score (nSPS) is 10.9. The summed E-state index contributed by atoms with van der Waals surface area (Å²) in [7, 11) is 1.49. The first kappa shape index (κ1) is 18.7. The third kappa shape index (κ3) is 4.01. The number of hydrogen-bond donors (Lipinski definition) is 0. The smallest absolute Gasteiger partial charge is 0.326 e. The molecule has 0 aliphatic rings. The zero-order chi connectivity index (χ0) is 19.4. The summed E-state index contributed by atoms with van der Waals surface area (Å²) in [5, 5.41) is 12.9. The molecule has 0 unspecified atom stereocenters. The Balaban J connectivity index is 1.93. The Morgan fingerprint density at radius 3 is 2.70 bits per heavy atom. The lowest BCUT2D eigenvalue weighted by atomic mass is 10.1. The molecule has 0 spiro atoms. The van der Waals surface area contributed by atoms with Crippen LogP contribution in [0, 0.1) is 10.1 Å². The maximum Gasteiger partial charge on any atom is 0.326 e. The molecule has 0 aliphatic carbocycles. The average molecular weight is 389 g/mol. The highest BCUT2D eigenvalue weighted by Crippen LogP contribution is 2.31. The standard InChI is InChI=1S/C17H15N3O6S/c1-25-6-7-26-14(21)8-19-10-18-16-15(17(19)22)13(9-27-16)11-2-4-12(5-3-11)20(23)24/h2-5,9-10H,6-8H2,1H3. The largest absolute Gasteiger partial charge is 0.462 e. The van der Waals surface area contributed by atoms with Crippen molar-refractivity contribution < 1.29 is 19.2 Å². The maximum atomic E-state index is 12.8. The quantitative estimate of drug-likeness (QED) is 0.263. The van der Waals surface area contributed by atoms with E-state index in [1.54, 1.807) is 17.5 Å². The Labute approximate surface area is 156 Å². The number of carbonyl (C=O) groups is 1. The number of thiophene rings is 1. The molecule has 0 atom stereocenters. The predicted octanol–water partition coefficient (Wildman–Crippen LogP) is 2.22. The predicted molar refractivity (Wildman–Crippen MR) is 98.8 cm³/mol. The second kappa shape index (κ2) is 8.06. The zero-order valence-corrected chi connectivity index (χ0v) is 15.1. The van der Waals surface area contributed by atoms with Crippen LogP contribution in [0.1, 0.15) is 0 Å². The van der Waals surface area contributed by atoms with Crippen LogP contribution in [0.2, 0.25) is 0 Å². The maximum absolute atomic E-state index is 12.8. The van der Waals surface area contributed by atoms with Crippen LogP contribution in [0.25, 0.3) is 21.3 Å². The molecular formula is C17H15N3O6S. The number of nitrogens with zero attached hydrogens (tertiary/aromatic N) is 3. The van der Waals surface area contributed by atoms with Gasteiger partial charge in [0.05, 0.1) is 23.2 Å². The molecule has 27 heavy (non-hydrogen) atoms. The molecule has 1 aromatic carbocycles. The molecule has 140 valence electrons. The van der Waals surface area contributed by atoms with Crippen LogP contribution in [0.15, 0.2) is 40.8 Å². The van der Waals surface area contributed by atoms with E-state index in [4.69, 9.17) is 9.47 Å². The highest BCUT2D eigenvalue weighted by Gasteiger charge is 2.16. The fraction of sp³-hybridized carbons (Fsp3) is 0.235. The van der Waals surface area contributed by atoms with Gasteiger partial charge in [0.1, 0.15) is 18.0 Å². The van der Waals surface area contributed by atoms with Crippen molar-refractivity contribution in [1.29, 1.82) is 0 Å². The van der Waals surface area contributed by atoms with Gasteiger partial charge in [-0.1, -0.05) is 0 Å². The third-order valence-corrected chi connectivity index (χ3v) is 4.69. The van der Waals surface area contributed by atoms with Crippen molar-refractivity contribution >= 4 is 33.2 Å². The molecule has 0 saturated heterocycles. The molecule has 0 saturated carbocycles. The minimum atomic E-state index is -0.567. The number of nitro benzene ring substituents is 1. The van der Waals surface area contributed by atoms with Gasteiger partial charge >= 0.3 is 5.97 Å². The molecule has 3 aromatic rings.